The molecule has 3 N–H and O–H groups in total. The summed E-state index contributed by atoms with van der Waals surface area (Å²) in [5.41, 5.74) is 7.15. The lowest BCUT2D eigenvalue weighted by molar-refractivity contribution is 0.490. The van der Waals surface area contributed by atoms with Crippen LogP contribution in [-0.4, -0.2) is 0 Å². The smallest absolute Gasteiger partial charge is 0.125 e. The fraction of sp³-hybridized carbons (Fsp3) is 0.167. The Balaban J connectivity index is 2.22. The van der Waals surface area contributed by atoms with Crippen LogP contribution in [0.1, 0.15) is 18.7 Å². The number of anilines is 2. The zero-order valence-corrected chi connectivity index (χ0v) is 10.7. The van der Waals surface area contributed by atoms with Crippen molar-refractivity contribution in [2.24, 2.45) is 0 Å². The van der Waals surface area contributed by atoms with Crippen LogP contribution >= 0.6 is 23.2 Å². The van der Waals surface area contributed by atoms with E-state index in [-0.39, 0.29) is 6.04 Å². The van der Waals surface area contributed by atoms with Gasteiger partial charge in [0.2, 0.25) is 0 Å². The molecule has 0 saturated carbocycles. The van der Waals surface area contributed by atoms with E-state index in [9.17, 15) is 0 Å². The summed E-state index contributed by atoms with van der Waals surface area (Å²) >= 11 is 11.8. The Morgan fingerprint density at radius 2 is 2.00 bits per heavy atom. The molecule has 0 radical (unpaired) electrons. The predicted molar refractivity (Wildman–Crippen MR) is 71.6 cm³/mol. The van der Waals surface area contributed by atoms with Crippen molar-refractivity contribution in [3.63, 3.8) is 0 Å². The van der Waals surface area contributed by atoms with Crippen molar-refractivity contribution in [3.05, 3.63) is 46.3 Å². The van der Waals surface area contributed by atoms with Crippen LogP contribution in [0.5, 0.6) is 0 Å². The molecule has 1 heterocycles. The quantitative estimate of drug-likeness (QED) is 0.816. The lowest BCUT2D eigenvalue weighted by atomic mass is 10.2. The predicted octanol–water partition coefficient (Wildman–Crippen LogP) is 4.34. The molecular weight excluding hydrogens is 259 g/mol. The van der Waals surface area contributed by atoms with Crippen LogP contribution in [-0.2, 0) is 0 Å². The van der Waals surface area contributed by atoms with Gasteiger partial charge in [-0.1, -0.05) is 23.2 Å². The van der Waals surface area contributed by atoms with Gasteiger partial charge in [0, 0.05) is 0 Å². The maximum Gasteiger partial charge on any atom is 0.125 e. The van der Waals surface area contributed by atoms with Crippen LogP contribution in [0.2, 0.25) is 10.0 Å². The molecule has 3 nitrogen and oxygen atoms in total. The molecule has 2 aromatic rings. The first-order chi connectivity index (χ1) is 8.08. The van der Waals surface area contributed by atoms with E-state index in [2.05, 4.69) is 5.32 Å². The van der Waals surface area contributed by atoms with Crippen molar-refractivity contribution in [2.75, 3.05) is 11.1 Å². The number of furan rings is 1. The summed E-state index contributed by atoms with van der Waals surface area (Å²) in [6.45, 7) is 1.97. The number of rotatable bonds is 3. The SMILES string of the molecule is CC(Nc1cc(Cl)c(Cl)cc1N)c1ccco1. The van der Waals surface area contributed by atoms with E-state index >= 15 is 0 Å². The number of halogens is 2. The number of benzene rings is 1. The van der Waals surface area contributed by atoms with Gasteiger partial charge in [-0.05, 0) is 31.2 Å². The molecule has 5 heteroatoms. The van der Waals surface area contributed by atoms with Crippen molar-refractivity contribution >= 4 is 34.6 Å². The fourth-order valence-electron chi connectivity index (χ4n) is 1.53. The van der Waals surface area contributed by atoms with E-state index in [0.29, 0.717) is 15.7 Å². The number of hydrogen-bond acceptors (Lipinski definition) is 3. The van der Waals surface area contributed by atoms with E-state index in [1.54, 1.807) is 18.4 Å². The molecule has 0 aliphatic heterocycles. The zero-order valence-electron chi connectivity index (χ0n) is 9.21. The van der Waals surface area contributed by atoms with E-state index < -0.39 is 0 Å². The van der Waals surface area contributed by atoms with Crippen molar-refractivity contribution in [1.82, 2.24) is 0 Å². The molecule has 0 aliphatic rings. The Kier molecular flexibility index (Phi) is 3.50. The summed E-state index contributed by atoms with van der Waals surface area (Å²) in [6.07, 6.45) is 1.63. The van der Waals surface area contributed by atoms with Gasteiger partial charge in [0.15, 0.2) is 0 Å². The molecule has 0 bridgehead atoms. The molecule has 0 spiro atoms. The summed E-state index contributed by atoms with van der Waals surface area (Å²) in [7, 11) is 0. The van der Waals surface area contributed by atoms with Gasteiger partial charge in [0.05, 0.1) is 33.7 Å². The summed E-state index contributed by atoms with van der Waals surface area (Å²) in [4.78, 5) is 0. The van der Waals surface area contributed by atoms with Crippen molar-refractivity contribution < 1.29 is 4.42 Å². The van der Waals surface area contributed by atoms with Gasteiger partial charge in [-0.15, -0.1) is 0 Å². The van der Waals surface area contributed by atoms with Gasteiger partial charge in [-0.3, -0.25) is 0 Å². The third-order valence-corrected chi connectivity index (χ3v) is 3.16. The van der Waals surface area contributed by atoms with Crippen LogP contribution in [0.15, 0.2) is 34.9 Å². The average Bonchev–Trinajstić information content (AvgIpc) is 2.79. The molecule has 1 aromatic heterocycles. The van der Waals surface area contributed by atoms with Gasteiger partial charge in [0.1, 0.15) is 5.76 Å². The lowest BCUT2D eigenvalue weighted by Crippen LogP contribution is -2.07. The second-order valence-electron chi connectivity index (χ2n) is 3.74. The molecule has 1 atom stereocenters. The van der Waals surface area contributed by atoms with E-state index in [1.807, 2.05) is 19.1 Å². The highest BCUT2D eigenvalue weighted by molar-refractivity contribution is 6.42. The van der Waals surface area contributed by atoms with Crippen molar-refractivity contribution in [2.45, 2.75) is 13.0 Å². The Bertz CT molecular complexity index is 511. The Morgan fingerprint density at radius 3 is 2.65 bits per heavy atom. The molecule has 1 aromatic carbocycles. The highest BCUT2D eigenvalue weighted by Gasteiger charge is 2.11. The van der Waals surface area contributed by atoms with Gasteiger partial charge in [0.25, 0.3) is 0 Å². The molecule has 1 unspecified atom stereocenters. The monoisotopic (exact) mass is 270 g/mol. The molecule has 0 amide bonds. The largest absolute Gasteiger partial charge is 0.467 e. The fourth-order valence-corrected chi connectivity index (χ4v) is 1.87. The van der Waals surface area contributed by atoms with Crippen LogP contribution in [0.25, 0.3) is 0 Å². The van der Waals surface area contributed by atoms with Gasteiger partial charge >= 0.3 is 0 Å². The van der Waals surface area contributed by atoms with Crippen LogP contribution in [0, 0.1) is 0 Å². The number of nitrogens with one attached hydrogen (secondary N) is 1. The third kappa shape index (κ3) is 2.68. The van der Waals surface area contributed by atoms with Crippen molar-refractivity contribution in [1.29, 1.82) is 0 Å². The van der Waals surface area contributed by atoms with Gasteiger partial charge < -0.3 is 15.5 Å². The summed E-state index contributed by atoms with van der Waals surface area (Å²) in [6, 6.07) is 7.07. The minimum atomic E-state index is 0.00421. The average molecular weight is 271 g/mol. The van der Waals surface area contributed by atoms with E-state index in [0.717, 1.165) is 11.4 Å². The van der Waals surface area contributed by atoms with Gasteiger partial charge in [-0.2, -0.15) is 0 Å². The maximum absolute atomic E-state index is 5.94. The standard InChI is InChI=1S/C12H12Cl2N2O/c1-7(12-3-2-4-17-12)16-11-6-9(14)8(13)5-10(11)15/h2-7,16H,15H2,1H3. The molecule has 90 valence electrons. The van der Waals surface area contributed by atoms with Crippen LogP contribution in [0.3, 0.4) is 0 Å². The molecule has 0 saturated heterocycles. The Hall–Kier alpha value is -1.32. The van der Waals surface area contributed by atoms with Crippen molar-refractivity contribution in [3.8, 4) is 0 Å². The second-order valence-corrected chi connectivity index (χ2v) is 4.55. The number of nitrogens with two attached hydrogens (primary N) is 1. The zero-order chi connectivity index (χ0) is 12.4. The first-order valence-corrected chi connectivity index (χ1v) is 5.88. The summed E-state index contributed by atoms with van der Waals surface area (Å²) in [5.74, 6) is 0.829. The summed E-state index contributed by atoms with van der Waals surface area (Å²) < 4.78 is 5.30. The molecule has 2 rings (SSSR count). The lowest BCUT2D eigenvalue weighted by Gasteiger charge is -2.15. The van der Waals surface area contributed by atoms with Crippen LogP contribution < -0.4 is 11.1 Å². The van der Waals surface area contributed by atoms with E-state index in [4.69, 9.17) is 33.4 Å². The number of nitrogen functional groups attached to an aromatic ring is 1. The molecule has 0 aliphatic carbocycles. The maximum atomic E-state index is 5.94. The highest BCUT2D eigenvalue weighted by Crippen LogP contribution is 2.32. The second kappa shape index (κ2) is 4.90. The first kappa shape index (κ1) is 12.1. The normalized spacial score (nSPS) is 12.4. The van der Waals surface area contributed by atoms with Crippen LogP contribution in [0.4, 0.5) is 11.4 Å². The Morgan fingerprint density at radius 1 is 1.29 bits per heavy atom. The topological polar surface area (TPSA) is 51.2 Å². The minimum absolute atomic E-state index is 0.00421. The summed E-state index contributed by atoms with van der Waals surface area (Å²) in [5, 5.41) is 4.13. The highest BCUT2D eigenvalue weighted by atomic mass is 35.5. The van der Waals surface area contributed by atoms with Gasteiger partial charge in [-0.25, -0.2) is 0 Å². The minimum Gasteiger partial charge on any atom is -0.467 e. The molecule has 0 fully saturated rings. The Labute approximate surface area is 110 Å². The molecular formula is C12H12Cl2N2O. The third-order valence-electron chi connectivity index (χ3n) is 2.43. The number of hydrogen-bond donors (Lipinski definition) is 2. The first-order valence-electron chi connectivity index (χ1n) is 5.12. The molecule has 17 heavy (non-hydrogen) atoms. The van der Waals surface area contributed by atoms with E-state index in [1.165, 1.54) is 0 Å².